The van der Waals surface area contributed by atoms with Gasteiger partial charge in [0.1, 0.15) is 5.69 Å². The topological polar surface area (TPSA) is 74.6 Å². The quantitative estimate of drug-likeness (QED) is 0.778. The van der Waals surface area contributed by atoms with Crippen molar-refractivity contribution in [1.82, 2.24) is 24.8 Å². The van der Waals surface area contributed by atoms with E-state index in [9.17, 15) is 0 Å². The Labute approximate surface area is 94.1 Å². The molecule has 0 amide bonds. The predicted octanol–water partition coefficient (Wildman–Crippen LogP) is 1.02. The van der Waals surface area contributed by atoms with Crippen molar-refractivity contribution in [2.45, 2.75) is 26.3 Å². The summed E-state index contributed by atoms with van der Waals surface area (Å²) in [6.07, 6.45) is 1.73. The van der Waals surface area contributed by atoms with Gasteiger partial charge in [-0.15, -0.1) is 5.10 Å². The molecule has 0 aliphatic rings. The van der Waals surface area contributed by atoms with Crippen LogP contribution in [0, 0.1) is 0 Å². The third-order valence-electron chi connectivity index (χ3n) is 2.40. The molecule has 0 atom stereocenters. The molecule has 0 bridgehead atoms. The van der Waals surface area contributed by atoms with Crippen LogP contribution in [0.4, 0.5) is 5.82 Å². The minimum absolute atomic E-state index is 0.162. The molecule has 86 valence electrons. The molecule has 0 fully saturated rings. The second kappa shape index (κ2) is 3.33. The van der Waals surface area contributed by atoms with Crippen molar-refractivity contribution in [3.05, 3.63) is 12.3 Å². The summed E-state index contributed by atoms with van der Waals surface area (Å²) in [5.74, 6) is 0.429. The van der Waals surface area contributed by atoms with Crippen molar-refractivity contribution >= 4 is 5.82 Å². The Morgan fingerprint density at radius 3 is 2.50 bits per heavy atom. The third kappa shape index (κ3) is 1.56. The van der Waals surface area contributed by atoms with Crippen molar-refractivity contribution < 1.29 is 0 Å². The van der Waals surface area contributed by atoms with Crippen LogP contribution in [-0.2, 0) is 12.6 Å². The first-order valence-electron chi connectivity index (χ1n) is 5.11. The first-order chi connectivity index (χ1) is 7.41. The summed E-state index contributed by atoms with van der Waals surface area (Å²) in [5, 5.41) is 12.1. The van der Waals surface area contributed by atoms with Gasteiger partial charge in [-0.25, -0.2) is 4.68 Å². The number of hydrogen-bond acceptors (Lipinski definition) is 4. The summed E-state index contributed by atoms with van der Waals surface area (Å²) in [5.41, 5.74) is 7.43. The number of hydrogen-bond donors (Lipinski definition) is 1. The van der Waals surface area contributed by atoms with Gasteiger partial charge in [-0.3, -0.25) is 4.68 Å². The summed E-state index contributed by atoms with van der Waals surface area (Å²) >= 11 is 0. The van der Waals surface area contributed by atoms with Gasteiger partial charge >= 0.3 is 0 Å². The van der Waals surface area contributed by atoms with Crippen LogP contribution >= 0.6 is 0 Å². The van der Waals surface area contributed by atoms with E-state index in [0.717, 1.165) is 11.4 Å². The minimum Gasteiger partial charge on any atom is -0.380 e. The van der Waals surface area contributed by atoms with Gasteiger partial charge in [-0.2, -0.15) is 5.10 Å². The molecular weight excluding hydrogens is 204 g/mol. The van der Waals surface area contributed by atoms with Crippen LogP contribution in [0.5, 0.6) is 0 Å². The Hall–Kier alpha value is -1.85. The van der Waals surface area contributed by atoms with E-state index >= 15 is 0 Å². The largest absolute Gasteiger partial charge is 0.380 e. The number of nitrogens with zero attached hydrogens (tertiary/aromatic N) is 5. The molecular formula is C10H16N6. The van der Waals surface area contributed by atoms with Crippen LogP contribution in [0.2, 0.25) is 0 Å². The van der Waals surface area contributed by atoms with Crippen molar-refractivity contribution in [3.63, 3.8) is 0 Å². The zero-order valence-electron chi connectivity index (χ0n) is 9.97. The Bertz CT molecular complexity index is 502. The molecule has 0 aliphatic heterocycles. The monoisotopic (exact) mass is 220 g/mol. The van der Waals surface area contributed by atoms with Crippen molar-refractivity contribution in [2.75, 3.05) is 5.73 Å². The van der Waals surface area contributed by atoms with E-state index in [2.05, 4.69) is 36.2 Å². The zero-order chi connectivity index (χ0) is 11.9. The molecule has 0 aromatic carbocycles. The van der Waals surface area contributed by atoms with Gasteiger partial charge in [0.05, 0.1) is 11.2 Å². The lowest BCUT2D eigenvalue weighted by Crippen LogP contribution is -2.24. The highest BCUT2D eigenvalue weighted by Gasteiger charge is 2.23. The van der Waals surface area contributed by atoms with Crippen LogP contribution < -0.4 is 5.73 Å². The fraction of sp³-hybridized carbons (Fsp3) is 0.500. The lowest BCUT2D eigenvalue weighted by atomic mass is 10.1. The van der Waals surface area contributed by atoms with Gasteiger partial charge in [0.2, 0.25) is 0 Å². The number of nitrogen functional groups attached to an aromatic ring is 1. The van der Waals surface area contributed by atoms with E-state index < -0.39 is 0 Å². The summed E-state index contributed by atoms with van der Waals surface area (Å²) in [7, 11) is 1.87. The lowest BCUT2D eigenvalue weighted by molar-refractivity contribution is 0.350. The summed E-state index contributed by atoms with van der Waals surface area (Å²) in [6, 6.07) is 1.90. The number of aromatic nitrogens is 5. The van der Waals surface area contributed by atoms with E-state index in [1.165, 1.54) is 0 Å². The SMILES string of the molecule is Cn1nccc1-c1c(N)nnn1C(C)(C)C. The van der Waals surface area contributed by atoms with Gasteiger partial charge in [0.15, 0.2) is 5.82 Å². The molecule has 16 heavy (non-hydrogen) atoms. The molecule has 2 N–H and O–H groups in total. The van der Waals surface area contributed by atoms with Crippen LogP contribution in [0.1, 0.15) is 20.8 Å². The summed E-state index contributed by atoms with van der Waals surface area (Å²) in [6.45, 7) is 6.17. The zero-order valence-corrected chi connectivity index (χ0v) is 9.97. The summed E-state index contributed by atoms with van der Waals surface area (Å²) in [4.78, 5) is 0. The van der Waals surface area contributed by atoms with Gasteiger partial charge < -0.3 is 5.73 Å². The van der Waals surface area contributed by atoms with Gasteiger partial charge in [-0.1, -0.05) is 5.21 Å². The van der Waals surface area contributed by atoms with Crippen molar-refractivity contribution in [2.24, 2.45) is 7.05 Å². The Morgan fingerprint density at radius 2 is 2.00 bits per heavy atom. The van der Waals surface area contributed by atoms with Crippen molar-refractivity contribution in [1.29, 1.82) is 0 Å². The first-order valence-corrected chi connectivity index (χ1v) is 5.11. The smallest absolute Gasteiger partial charge is 0.175 e. The third-order valence-corrected chi connectivity index (χ3v) is 2.40. The van der Waals surface area contributed by atoms with Crippen LogP contribution in [0.3, 0.4) is 0 Å². The molecule has 0 aliphatic carbocycles. The van der Waals surface area contributed by atoms with E-state index in [1.54, 1.807) is 10.9 Å². The predicted molar refractivity (Wildman–Crippen MR) is 61.6 cm³/mol. The number of rotatable bonds is 1. The van der Waals surface area contributed by atoms with E-state index in [0.29, 0.717) is 5.82 Å². The Balaban J connectivity index is 2.65. The second-order valence-electron chi connectivity index (χ2n) is 4.75. The summed E-state index contributed by atoms with van der Waals surface area (Å²) < 4.78 is 3.58. The van der Waals surface area contributed by atoms with E-state index in [4.69, 9.17) is 5.73 Å². The molecule has 2 heterocycles. The van der Waals surface area contributed by atoms with Gasteiger partial charge in [0, 0.05) is 13.2 Å². The molecule has 6 heteroatoms. The standard InChI is InChI=1S/C10H16N6/c1-10(2,3)16-8(9(11)13-14-16)7-5-6-12-15(7)4/h5-6H,11H2,1-4H3. The molecule has 0 radical (unpaired) electrons. The van der Waals surface area contributed by atoms with Crippen LogP contribution in [0.25, 0.3) is 11.4 Å². The highest BCUT2D eigenvalue weighted by Crippen LogP contribution is 2.27. The molecule has 2 aromatic heterocycles. The first kappa shape index (κ1) is 10.7. The maximum absolute atomic E-state index is 5.86. The Kier molecular flexibility index (Phi) is 2.22. The number of anilines is 1. The molecule has 0 unspecified atom stereocenters. The van der Waals surface area contributed by atoms with E-state index in [-0.39, 0.29) is 5.54 Å². The normalized spacial score (nSPS) is 12.0. The van der Waals surface area contributed by atoms with Gasteiger partial charge in [-0.05, 0) is 26.8 Å². The second-order valence-corrected chi connectivity index (χ2v) is 4.75. The average Bonchev–Trinajstić information content (AvgIpc) is 2.70. The molecule has 2 aromatic rings. The number of nitrogens with two attached hydrogens (primary N) is 1. The fourth-order valence-corrected chi connectivity index (χ4v) is 1.61. The van der Waals surface area contributed by atoms with Crippen LogP contribution in [-0.4, -0.2) is 24.8 Å². The maximum Gasteiger partial charge on any atom is 0.175 e. The van der Waals surface area contributed by atoms with Crippen molar-refractivity contribution in [3.8, 4) is 11.4 Å². The molecule has 2 rings (SSSR count). The van der Waals surface area contributed by atoms with Crippen LogP contribution in [0.15, 0.2) is 12.3 Å². The highest BCUT2D eigenvalue weighted by atomic mass is 15.5. The Morgan fingerprint density at radius 1 is 1.31 bits per heavy atom. The maximum atomic E-state index is 5.86. The lowest BCUT2D eigenvalue weighted by Gasteiger charge is -2.21. The molecule has 6 nitrogen and oxygen atoms in total. The van der Waals surface area contributed by atoms with Gasteiger partial charge in [0.25, 0.3) is 0 Å². The average molecular weight is 220 g/mol. The minimum atomic E-state index is -0.162. The highest BCUT2D eigenvalue weighted by molar-refractivity contribution is 5.66. The van der Waals surface area contributed by atoms with E-state index in [1.807, 2.05) is 17.8 Å². The molecule has 0 spiro atoms. The number of aryl methyl sites for hydroxylation is 1. The fourth-order valence-electron chi connectivity index (χ4n) is 1.61. The molecule has 0 saturated heterocycles. The molecule has 0 saturated carbocycles.